The summed E-state index contributed by atoms with van der Waals surface area (Å²) in [5.74, 6) is -0.896. The first-order valence-corrected chi connectivity index (χ1v) is 11.3. The molecule has 2 aromatic carbocycles. The van der Waals surface area contributed by atoms with Gasteiger partial charge in [0, 0.05) is 17.8 Å². The number of benzene rings is 2. The number of anilines is 1. The molecule has 0 radical (unpaired) electrons. The van der Waals surface area contributed by atoms with Crippen molar-refractivity contribution in [2.24, 2.45) is 0 Å². The molecule has 9 nitrogen and oxygen atoms in total. The van der Waals surface area contributed by atoms with Crippen molar-refractivity contribution in [3.63, 3.8) is 0 Å². The summed E-state index contributed by atoms with van der Waals surface area (Å²) >= 11 is 1.21. The van der Waals surface area contributed by atoms with Crippen molar-refractivity contribution in [1.82, 2.24) is 20.1 Å². The third-order valence-electron chi connectivity index (χ3n) is 4.80. The van der Waals surface area contributed by atoms with E-state index in [0.717, 1.165) is 5.56 Å². The van der Waals surface area contributed by atoms with Gasteiger partial charge in [0.1, 0.15) is 0 Å². The molecule has 3 aromatic rings. The van der Waals surface area contributed by atoms with Gasteiger partial charge in [-0.1, -0.05) is 35.5 Å². The van der Waals surface area contributed by atoms with Crippen LogP contribution in [0.15, 0.2) is 53.7 Å². The van der Waals surface area contributed by atoms with Crippen molar-refractivity contribution < 1.29 is 19.5 Å². The zero-order valence-corrected chi connectivity index (χ0v) is 19.3. The van der Waals surface area contributed by atoms with Crippen LogP contribution in [0.25, 0.3) is 0 Å². The third-order valence-corrected chi connectivity index (χ3v) is 5.77. The third kappa shape index (κ3) is 6.19. The number of aromatic nitrogens is 3. The Morgan fingerprint density at radius 1 is 1.09 bits per heavy atom. The Balaban J connectivity index is 1.62. The number of hydrogen-bond acceptors (Lipinski definition) is 6. The van der Waals surface area contributed by atoms with Crippen LogP contribution >= 0.6 is 11.8 Å². The largest absolute Gasteiger partial charge is 0.478 e. The van der Waals surface area contributed by atoms with Crippen LogP contribution in [0.2, 0.25) is 0 Å². The Hall–Kier alpha value is -3.66. The van der Waals surface area contributed by atoms with E-state index in [4.69, 9.17) is 5.11 Å². The van der Waals surface area contributed by atoms with Crippen molar-refractivity contribution in [1.29, 1.82) is 0 Å². The lowest BCUT2D eigenvalue weighted by Gasteiger charge is -2.15. The van der Waals surface area contributed by atoms with Crippen molar-refractivity contribution in [3.8, 4) is 0 Å². The van der Waals surface area contributed by atoms with Gasteiger partial charge in [-0.05, 0) is 51.1 Å². The number of carboxylic acids is 1. The molecule has 172 valence electrons. The summed E-state index contributed by atoms with van der Waals surface area (Å²) < 4.78 is 1.85. The van der Waals surface area contributed by atoms with Crippen LogP contribution in [0.1, 0.15) is 52.0 Å². The van der Waals surface area contributed by atoms with Crippen molar-refractivity contribution in [2.75, 3.05) is 11.1 Å². The fourth-order valence-electron chi connectivity index (χ4n) is 3.21. The minimum Gasteiger partial charge on any atom is -0.478 e. The second-order valence-corrected chi connectivity index (χ2v) is 8.31. The van der Waals surface area contributed by atoms with E-state index in [1.807, 2.05) is 43.5 Å². The summed E-state index contributed by atoms with van der Waals surface area (Å²) in [5, 5.41) is 23.7. The molecule has 3 rings (SSSR count). The maximum Gasteiger partial charge on any atom is 0.335 e. The highest BCUT2D eigenvalue weighted by Gasteiger charge is 2.20. The predicted molar refractivity (Wildman–Crippen MR) is 126 cm³/mol. The summed E-state index contributed by atoms with van der Waals surface area (Å²) in [6, 6.07) is 13.0. The minimum absolute atomic E-state index is 0.0689. The molecule has 0 aliphatic rings. The average Bonchev–Trinajstić information content (AvgIpc) is 3.21. The van der Waals surface area contributed by atoms with Gasteiger partial charge < -0.3 is 20.3 Å². The molecule has 0 saturated carbocycles. The van der Waals surface area contributed by atoms with E-state index >= 15 is 0 Å². The first-order chi connectivity index (χ1) is 15.8. The molecular formula is C23H25N5O4S. The van der Waals surface area contributed by atoms with Gasteiger partial charge in [-0.3, -0.25) is 9.59 Å². The Morgan fingerprint density at radius 2 is 1.82 bits per heavy atom. The lowest BCUT2D eigenvalue weighted by Crippen LogP contribution is -2.28. The number of carboxylic acid groups (broad SMARTS) is 1. The zero-order valence-electron chi connectivity index (χ0n) is 18.5. The molecule has 0 aliphatic heterocycles. The molecule has 1 heterocycles. The molecule has 3 N–H and O–H groups in total. The summed E-state index contributed by atoms with van der Waals surface area (Å²) in [4.78, 5) is 36.0. The van der Waals surface area contributed by atoms with E-state index in [2.05, 4.69) is 20.8 Å². The minimum atomic E-state index is -1.06. The number of rotatable bonds is 9. The van der Waals surface area contributed by atoms with Gasteiger partial charge in [0.15, 0.2) is 11.0 Å². The van der Waals surface area contributed by atoms with Crippen molar-refractivity contribution in [3.05, 3.63) is 71.0 Å². The topological polar surface area (TPSA) is 126 Å². The van der Waals surface area contributed by atoms with Crippen LogP contribution < -0.4 is 10.6 Å². The molecular weight excluding hydrogens is 442 g/mol. The Morgan fingerprint density at radius 3 is 2.52 bits per heavy atom. The lowest BCUT2D eigenvalue weighted by atomic mass is 10.1. The van der Waals surface area contributed by atoms with Gasteiger partial charge in [0.05, 0.1) is 17.4 Å². The Bertz CT molecular complexity index is 1180. The maximum atomic E-state index is 12.6. The van der Waals surface area contributed by atoms with Gasteiger partial charge in [-0.2, -0.15) is 0 Å². The van der Waals surface area contributed by atoms with Crippen LogP contribution in [-0.2, 0) is 11.3 Å². The highest BCUT2D eigenvalue weighted by Crippen LogP contribution is 2.21. The molecule has 1 atom stereocenters. The fraction of sp³-hybridized carbons (Fsp3) is 0.261. The average molecular weight is 468 g/mol. The second kappa shape index (κ2) is 10.8. The second-order valence-electron chi connectivity index (χ2n) is 7.37. The van der Waals surface area contributed by atoms with Crippen LogP contribution in [-0.4, -0.2) is 43.4 Å². The highest BCUT2D eigenvalue weighted by atomic mass is 32.2. The van der Waals surface area contributed by atoms with Crippen LogP contribution in [0.3, 0.4) is 0 Å². The van der Waals surface area contributed by atoms with E-state index in [1.165, 1.54) is 23.9 Å². The van der Waals surface area contributed by atoms with Gasteiger partial charge >= 0.3 is 5.97 Å². The number of hydrogen-bond donors (Lipinski definition) is 3. The summed E-state index contributed by atoms with van der Waals surface area (Å²) in [7, 11) is 0. The first kappa shape index (κ1) is 24.0. The number of nitrogens with one attached hydrogen (secondary N) is 2. The lowest BCUT2D eigenvalue weighted by molar-refractivity contribution is -0.113. The monoisotopic (exact) mass is 467 g/mol. The number of aromatic carboxylic acids is 1. The van der Waals surface area contributed by atoms with Crippen LogP contribution in [0, 0.1) is 6.92 Å². The molecule has 33 heavy (non-hydrogen) atoms. The summed E-state index contributed by atoms with van der Waals surface area (Å²) in [6.45, 7) is 6.26. The standard InChI is InChI=1S/C23H25N5O4S/c1-4-28-20(15(3)24-21(30)16-8-5-7-14(2)11-16)26-27-23(28)33-13-19(29)25-18-10-6-9-17(12-18)22(31)32/h5-12,15H,4,13H2,1-3H3,(H,24,30)(H,25,29)(H,31,32)/t15-/m1/s1. The molecule has 1 aromatic heterocycles. The number of carbonyl (C=O) groups excluding carboxylic acids is 2. The number of aryl methyl sites for hydroxylation is 1. The van der Waals surface area contributed by atoms with E-state index in [9.17, 15) is 14.4 Å². The van der Waals surface area contributed by atoms with Gasteiger partial charge in [-0.15, -0.1) is 10.2 Å². The smallest absolute Gasteiger partial charge is 0.335 e. The maximum absolute atomic E-state index is 12.6. The van der Waals surface area contributed by atoms with Crippen LogP contribution in [0.5, 0.6) is 0 Å². The van der Waals surface area contributed by atoms with Crippen LogP contribution in [0.4, 0.5) is 5.69 Å². The van der Waals surface area contributed by atoms with E-state index in [1.54, 1.807) is 18.2 Å². The number of carbonyl (C=O) groups is 3. The normalized spacial score (nSPS) is 11.6. The molecule has 0 fully saturated rings. The number of nitrogens with zero attached hydrogens (tertiary/aromatic N) is 3. The summed E-state index contributed by atoms with van der Waals surface area (Å²) in [5.41, 5.74) is 2.07. The molecule has 0 unspecified atom stereocenters. The molecule has 0 saturated heterocycles. The van der Waals surface area contributed by atoms with Gasteiger partial charge in [0.25, 0.3) is 5.91 Å². The molecule has 0 spiro atoms. The number of thioether (sulfide) groups is 1. The SMILES string of the molecule is CCn1c(SCC(=O)Nc2cccc(C(=O)O)c2)nnc1[C@@H](C)NC(=O)c1cccc(C)c1. The fourth-order valence-corrected chi connectivity index (χ4v) is 4.02. The first-order valence-electron chi connectivity index (χ1n) is 10.3. The summed E-state index contributed by atoms with van der Waals surface area (Å²) in [6.07, 6.45) is 0. The zero-order chi connectivity index (χ0) is 24.0. The molecule has 0 bridgehead atoms. The van der Waals surface area contributed by atoms with Gasteiger partial charge in [0.2, 0.25) is 5.91 Å². The quantitative estimate of drug-likeness (QED) is 0.411. The molecule has 0 aliphatic carbocycles. The van der Waals surface area contributed by atoms with E-state index < -0.39 is 5.97 Å². The molecule has 2 amide bonds. The predicted octanol–water partition coefficient (Wildman–Crippen LogP) is 3.53. The highest BCUT2D eigenvalue weighted by molar-refractivity contribution is 7.99. The Kier molecular flexibility index (Phi) is 7.83. The van der Waals surface area contributed by atoms with E-state index in [-0.39, 0.29) is 29.2 Å². The van der Waals surface area contributed by atoms with Crippen molar-refractivity contribution in [2.45, 2.75) is 38.5 Å². The number of amides is 2. The Labute approximate surface area is 195 Å². The van der Waals surface area contributed by atoms with Gasteiger partial charge in [-0.25, -0.2) is 4.79 Å². The van der Waals surface area contributed by atoms with Crippen molar-refractivity contribution >= 4 is 35.2 Å². The van der Waals surface area contributed by atoms with E-state index in [0.29, 0.717) is 28.8 Å². The molecule has 10 heteroatoms.